The predicted octanol–water partition coefficient (Wildman–Crippen LogP) is 3.89. The van der Waals surface area contributed by atoms with Crippen LogP contribution in [0.5, 0.6) is 0 Å². The average Bonchev–Trinajstić information content (AvgIpc) is 2.92. The Bertz CT molecular complexity index is 833. The molecule has 1 unspecified atom stereocenters. The number of nitrogens with zero attached hydrogens (tertiary/aromatic N) is 2. The molecule has 0 spiro atoms. The van der Waals surface area contributed by atoms with Crippen molar-refractivity contribution in [1.29, 1.82) is 0 Å². The summed E-state index contributed by atoms with van der Waals surface area (Å²) in [7, 11) is -3.34. The molecule has 2 aromatic rings. The van der Waals surface area contributed by atoms with E-state index < -0.39 is 9.84 Å². The van der Waals surface area contributed by atoms with Crippen molar-refractivity contribution in [2.45, 2.75) is 37.1 Å². The third kappa shape index (κ3) is 3.99. The molecular weight excluding hydrogens is 364 g/mol. The molecule has 0 radical (unpaired) electrons. The SMILES string of the molecule is Cc1ccsc1CN1CCCC(c2ncc(Cl)cc2S(C)(=O)=O)C1. The Balaban J connectivity index is 1.84. The molecule has 0 aromatic carbocycles. The van der Waals surface area contributed by atoms with Gasteiger partial charge in [0.15, 0.2) is 9.84 Å². The van der Waals surface area contributed by atoms with Crippen molar-refractivity contribution in [2.75, 3.05) is 19.3 Å². The van der Waals surface area contributed by atoms with E-state index in [2.05, 4.69) is 28.3 Å². The second-order valence-electron chi connectivity index (χ2n) is 6.41. The van der Waals surface area contributed by atoms with E-state index in [1.54, 1.807) is 17.5 Å². The van der Waals surface area contributed by atoms with Crippen molar-refractivity contribution in [3.63, 3.8) is 0 Å². The van der Waals surface area contributed by atoms with E-state index in [0.717, 1.165) is 32.5 Å². The number of piperidine rings is 1. The van der Waals surface area contributed by atoms with E-state index in [9.17, 15) is 8.42 Å². The largest absolute Gasteiger partial charge is 0.298 e. The Kier molecular flexibility index (Phi) is 5.30. The van der Waals surface area contributed by atoms with Crippen LogP contribution in [0.4, 0.5) is 0 Å². The van der Waals surface area contributed by atoms with E-state index in [4.69, 9.17) is 11.6 Å². The minimum absolute atomic E-state index is 0.126. The zero-order chi connectivity index (χ0) is 17.3. The van der Waals surface area contributed by atoms with Crippen molar-refractivity contribution in [3.8, 4) is 0 Å². The lowest BCUT2D eigenvalue weighted by Gasteiger charge is -2.33. The van der Waals surface area contributed by atoms with Crippen LogP contribution in [0.25, 0.3) is 0 Å². The summed E-state index contributed by atoms with van der Waals surface area (Å²) in [6, 6.07) is 3.67. The lowest BCUT2D eigenvalue weighted by molar-refractivity contribution is 0.198. The van der Waals surface area contributed by atoms with E-state index in [0.29, 0.717) is 10.7 Å². The van der Waals surface area contributed by atoms with E-state index in [1.165, 1.54) is 22.8 Å². The first-order chi connectivity index (χ1) is 11.3. The fraction of sp³-hybridized carbons (Fsp3) is 0.471. The number of rotatable bonds is 4. The normalized spacial score (nSPS) is 19.5. The van der Waals surface area contributed by atoms with Gasteiger partial charge in [-0.15, -0.1) is 11.3 Å². The van der Waals surface area contributed by atoms with Gasteiger partial charge in [0.05, 0.1) is 15.6 Å². The molecule has 0 bridgehead atoms. The second-order valence-corrected chi connectivity index (χ2v) is 9.83. The summed E-state index contributed by atoms with van der Waals surface area (Å²) < 4.78 is 24.2. The first-order valence-electron chi connectivity index (χ1n) is 7.95. The number of thiophene rings is 1. The van der Waals surface area contributed by atoms with Gasteiger partial charge in [-0.25, -0.2) is 8.42 Å². The first-order valence-corrected chi connectivity index (χ1v) is 11.1. The summed E-state index contributed by atoms with van der Waals surface area (Å²) in [4.78, 5) is 8.43. The number of hydrogen-bond acceptors (Lipinski definition) is 5. The molecule has 7 heteroatoms. The number of halogens is 1. The van der Waals surface area contributed by atoms with E-state index in [-0.39, 0.29) is 10.8 Å². The number of pyridine rings is 1. The van der Waals surface area contributed by atoms with Crippen molar-refractivity contribution >= 4 is 32.8 Å². The van der Waals surface area contributed by atoms with Crippen LogP contribution >= 0.6 is 22.9 Å². The number of hydrogen-bond donors (Lipinski definition) is 0. The summed E-state index contributed by atoms with van der Waals surface area (Å²) >= 11 is 7.75. The molecule has 3 rings (SSSR count). The van der Waals surface area contributed by atoms with Crippen molar-refractivity contribution < 1.29 is 8.42 Å². The zero-order valence-corrected chi connectivity index (χ0v) is 16.2. The van der Waals surface area contributed by atoms with Crippen molar-refractivity contribution in [3.05, 3.63) is 44.9 Å². The molecule has 1 fully saturated rings. The lowest BCUT2D eigenvalue weighted by Crippen LogP contribution is -2.34. The molecule has 0 saturated carbocycles. The van der Waals surface area contributed by atoms with Gasteiger partial charge in [0.25, 0.3) is 0 Å². The maximum atomic E-state index is 12.1. The smallest absolute Gasteiger partial charge is 0.177 e. The summed E-state index contributed by atoms with van der Waals surface area (Å²) in [5, 5.41) is 2.48. The topological polar surface area (TPSA) is 50.3 Å². The van der Waals surface area contributed by atoms with Crippen LogP contribution in [0, 0.1) is 6.92 Å². The number of likely N-dealkylation sites (tertiary alicyclic amines) is 1. The van der Waals surface area contributed by atoms with Gasteiger partial charge in [-0.1, -0.05) is 11.6 Å². The molecule has 3 heterocycles. The van der Waals surface area contributed by atoms with Gasteiger partial charge in [-0.05, 0) is 49.4 Å². The molecule has 1 aliphatic heterocycles. The molecule has 0 N–H and O–H groups in total. The highest BCUT2D eigenvalue weighted by Crippen LogP contribution is 2.32. The maximum Gasteiger partial charge on any atom is 0.177 e. The molecule has 0 amide bonds. The predicted molar refractivity (Wildman–Crippen MR) is 98.7 cm³/mol. The third-order valence-electron chi connectivity index (χ3n) is 4.48. The second kappa shape index (κ2) is 7.12. The molecule has 1 aliphatic rings. The van der Waals surface area contributed by atoms with Crippen LogP contribution in [-0.2, 0) is 16.4 Å². The van der Waals surface area contributed by atoms with Gasteiger partial charge in [0.1, 0.15) is 0 Å². The van der Waals surface area contributed by atoms with Gasteiger partial charge >= 0.3 is 0 Å². The van der Waals surface area contributed by atoms with Gasteiger partial charge in [0.2, 0.25) is 0 Å². The van der Waals surface area contributed by atoms with Crippen LogP contribution in [0.1, 0.15) is 34.9 Å². The lowest BCUT2D eigenvalue weighted by atomic mass is 9.94. The highest BCUT2D eigenvalue weighted by Gasteiger charge is 2.27. The van der Waals surface area contributed by atoms with Crippen LogP contribution < -0.4 is 0 Å². The minimum Gasteiger partial charge on any atom is -0.298 e. The number of sulfone groups is 1. The van der Waals surface area contributed by atoms with Crippen LogP contribution in [-0.4, -0.2) is 37.6 Å². The molecule has 1 atom stereocenters. The number of aromatic nitrogens is 1. The molecule has 4 nitrogen and oxygen atoms in total. The van der Waals surface area contributed by atoms with Gasteiger partial charge in [-0.2, -0.15) is 0 Å². The van der Waals surface area contributed by atoms with Crippen molar-refractivity contribution in [1.82, 2.24) is 9.88 Å². The van der Waals surface area contributed by atoms with Crippen LogP contribution in [0.3, 0.4) is 0 Å². The quantitative estimate of drug-likeness (QED) is 0.802. The summed E-state index contributed by atoms with van der Waals surface area (Å²) in [6.07, 6.45) is 4.77. The standard InChI is InChI=1S/C17H21ClN2O2S2/c1-12-5-7-23-15(12)11-20-6-3-4-13(10-20)17-16(24(2,21)22)8-14(18)9-19-17/h5,7-9,13H,3-4,6,10-11H2,1-2H3. The summed E-state index contributed by atoms with van der Waals surface area (Å²) in [6.45, 7) is 4.92. The highest BCUT2D eigenvalue weighted by atomic mass is 35.5. The molecule has 0 aliphatic carbocycles. The van der Waals surface area contributed by atoms with Gasteiger partial charge < -0.3 is 0 Å². The summed E-state index contributed by atoms with van der Waals surface area (Å²) in [5.41, 5.74) is 1.98. The Morgan fingerprint density at radius 1 is 1.46 bits per heavy atom. The Labute approximate surface area is 152 Å². The third-order valence-corrected chi connectivity index (χ3v) is 6.82. The Hall–Kier alpha value is -0.950. The van der Waals surface area contributed by atoms with Crippen molar-refractivity contribution in [2.24, 2.45) is 0 Å². The molecule has 130 valence electrons. The Morgan fingerprint density at radius 2 is 2.25 bits per heavy atom. The Morgan fingerprint density at radius 3 is 2.92 bits per heavy atom. The van der Waals surface area contributed by atoms with Gasteiger partial charge in [-0.3, -0.25) is 9.88 Å². The first kappa shape index (κ1) is 17.9. The zero-order valence-electron chi connectivity index (χ0n) is 13.8. The van der Waals surface area contributed by atoms with E-state index >= 15 is 0 Å². The minimum atomic E-state index is -3.34. The molecule has 24 heavy (non-hydrogen) atoms. The average molecular weight is 385 g/mol. The molecule has 2 aromatic heterocycles. The maximum absolute atomic E-state index is 12.1. The highest BCUT2D eigenvalue weighted by molar-refractivity contribution is 7.90. The van der Waals surface area contributed by atoms with Crippen LogP contribution in [0.2, 0.25) is 5.02 Å². The monoisotopic (exact) mass is 384 g/mol. The fourth-order valence-corrected chi connectivity index (χ4v) is 5.34. The molecule has 1 saturated heterocycles. The van der Waals surface area contributed by atoms with E-state index in [1.807, 2.05) is 0 Å². The van der Waals surface area contributed by atoms with Gasteiger partial charge in [0, 0.05) is 36.3 Å². The fourth-order valence-electron chi connectivity index (χ4n) is 3.23. The number of aryl methyl sites for hydroxylation is 1. The summed E-state index contributed by atoms with van der Waals surface area (Å²) in [5.74, 6) is 0.126. The molecular formula is C17H21ClN2O2S2. The van der Waals surface area contributed by atoms with Crippen LogP contribution in [0.15, 0.2) is 28.6 Å².